The van der Waals surface area contributed by atoms with E-state index in [1.807, 2.05) is 13.0 Å². The van der Waals surface area contributed by atoms with Crippen molar-refractivity contribution in [1.29, 1.82) is 0 Å². The van der Waals surface area contributed by atoms with Crippen LogP contribution in [0.25, 0.3) is 0 Å². The normalized spacial score (nSPS) is 9.92. The molecule has 0 fully saturated rings. The Bertz CT molecular complexity index is 267. The summed E-state index contributed by atoms with van der Waals surface area (Å²) in [5.41, 5.74) is 0.910. The van der Waals surface area contributed by atoms with Crippen LogP contribution in [0.2, 0.25) is 0 Å². The van der Waals surface area contributed by atoms with Crippen LogP contribution in [0.4, 0.5) is 0 Å². The molecule has 0 amide bonds. The van der Waals surface area contributed by atoms with E-state index in [2.05, 4.69) is 20.9 Å². The summed E-state index contributed by atoms with van der Waals surface area (Å²) in [6.45, 7) is 2.53. The molecule has 2 nitrogen and oxygen atoms in total. The van der Waals surface area contributed by atoms with E-state index in [1.54, 1.807) is 6.20 Å². The fraction of sp³-hybridized carbons (Fsp3) is 0.375. The van der Waals surface area contributed by atoms with Crippen molar-refractivity contribution in [2.75, 3.05) is 6.61 Å². The van der Waals surface area contributed by atoms with Gasteiger partial charge in [0.15, 0.2) is 0 Å². The average Bonchev–Trinajstić information content (AvgIpc) is 2.08. The molecule has 0 bridgehead atoms. The lowest BCUT2D eigenvalue weighted by Crippen LogP contribution is -1.97. The summed E-state index contributed by atoms with van der Waals surface area (Å²) in [4.78, 5) is 4.09. The van der Waals surface area contributed by atoms with Crippen LogP contribution in [0.5, 0.6) is 5.88 Å². The second-order valence-electron chi connectivity index (χ2n) is 2.18. The van der Waals surface area contributed by atoms with Crippen molar-refractivity contribution in [3.63, 3.8) is 0 Å². The molecule has 0 atom stereocenters. The van der Waals surface area contributed by atoms with Gasteiger partial charge in [-0.1, -0.05) is 0 Å². The molecule has 1 heterocycles. The van der Waals surface area contributed by atoms with E-state index in [0.717, 1.165) is 10.0 Å². The zero-order chi connectivity index (χ0) is 8.97. The summed E-state index contributed by atoms with van der Waals surface area (Å²) < 4.78 is 6.18. The lowest BCUT2D eigenvalue weighted by atomic mass is 10.3. The Morgan fingerprint density at radius 3 is 3.00 bits per heavy atom. The monoisotopic (exact) mass is 249 g/mol. The van der Waals surface area contributed by atoms with Crippen molar-refractivity contribution in [3.05, 3.63) is 22.3 Å². The van der Waals surface area contributed by atoms with E-state index in [-0.39, 0.29) is 0 Å². The number of alkyl halides is 1. The largest absolute Gasteiger partial charge is 0.478 e. The minimum absolute atomic E-state index is 0.418. The van der Waals surface area contributed by atoms with E-state index in [4.69, 9.17) is 16.3 Å². The van der Waals surface area contributed by atoms with Crippen molar-refractivity contribution in [3.8, 4) is 5.88 Å². The number of rotatable bonds is 3. The van der Waals surface area contributed by atoms with E-state index < -0.39 is 0 Å². The molecule has 1 aromatic rings. The summed E-state index contributed by atoms with van der Waals surface area (Å²) in [5.74, 6) is 1.04. The van der Waals surface area contributed by atoms with Crippen molar-refractivity contribution in [1.82, 2.24) is 4.98 Å². The summed E-state index contributed by atoms with van der Waals surface area (Å²) in [7, 11) is 0. The summed E-state index contributed by atoms with van der Waals surface area (Å²) in [6.07, 6.45) is 1.70. The van der Waals surface area contributed by atoms with Crippen LogP contribution >= 0.6 is 27.5 Å². The highest BCUT2D eigenvalue weighted by molar-refractivity contribution is 9.10. The first kappa shape index (κ1) is 9.81. The first-order valence-corrected chi connectivity index (χ1v) is 4.94. The smallest absolute Gasteiger partial charge is 0.217 e. The van der Waals surface area contributed by atoms with E-state index >= 15 is 0 Å². The maximum absolute atomic E-state index is 5.70. The maximum atomic E-state index is 5.70. The number of aromatic nitrogens is 1. The molecule has 0 spiro atoms. The Kier molecular flexibility index (Phi) is 3.82. The number of hydrogen-bond acceptors (Lipinski definition) is 2. The Labute approximate surface area is 85.0 Å². The van der Waals surface area contributed by atoms with Crippen LogP contribution in [0.1, 0.15) is 12.5 Å². The predicted molar refractivity (Wildman–Crippen MR) is 52.7 cm³/mol. The van der Waals surface area contributed by atoms with Crippen LogP contribution in [0.3, 0.4) is 0 Å². The van der Waals surface area contributed by atoms with Crippen molar-refractivity contribution in [2.24, 2.45) is 0 Å². The predicted octanol–water partition coefficient (Wildman–Crippen LogP) is 2.98. The second kappa shape index (κ2) is 4.67. The van der Waals surface area contributed by atoms with Gasteiger partial charge in [-0.25, -0.2) is 4.98 Å². The topological polar surface area (TPSA) is 22.1 Å². The van der Waals surface area contributed by atoms with Gasteiger partial charge in [0.2, 0.25) is 5.88 Å². The molecule has 0 N–H and O–H groups in total. The van der Waals surface area contributed by atoms with Crippen LogP contribution in [0.15, 0.2) is 16.7 Å². The Morgan fingerprint density at radius 2 is 2.42 bits per heavy atom. The Hall–Kier alpha value is -0.280. The average molecular weight is 251 g/mol. The first-order valence-electron chi connectivity index (χ1n) is 3.61. The zero-order valence-electron chi connectivity index (χ0n) is 6.68. The number of ether oxygens (including phenoxy) is 1. The lowest BCUT2D eigenvalue weighted by molar-refractivity contribution is 0.324. The molecule has 1 aromatic heterocycles. The molecule has 66 valence electrons. The van der Waals surface area contributed by atoms with Gasteiger partial charge < -0.3 is 4.74 Å². The highest BCUT2D eigenvalue weighted by Gasteiger charge is 2.03. The number of hydrogen-bond donors (Lipinski definition) is 0. The molecule has 0 saturated carbocycles. The standard InChI is InChI=1S/C8H9BrClNO/c1-2-12-8-6(4-10)3-7(9)5-11-8/h3,5H,2,4H2,1H3. The van der Waals surface area contributed by atoms with E-state index in [0.29, 0.717) is 18.4 Å². The molecule has 0 aromatic carbocycles. The fourth-order valence-electron chi connectivity index (χ4n) is 0.831. The highest BCUT2D eigenvalue weighted by atomic mass is 79.9. The molecule has 0 radical (unpaired) electrons. The summed E-state index contributed by atoms with van der Waals surface area (Å²) >= 11 is 9.01. The quantitative estimate of drug-likeness (QED) is 0.770. The fourth-order valence-corrected chi connectivity index (χ4v) is 1.40. The van der Waals surface area contributed by atoms with Crippen LogP contribution in [0, 0.1) is 0 Å². The van der Waals surface area contributed by atoms with Crippen LogP contribution in [-0.2, 0) is 5.88 Å². The number of halogens is 2. The lowest BCUT2D eigenvalue weighted by Gasteiger charge is -2.05. The Morgan fingerprint density at radius 1 is 1.67 bits per heavy atom. The molecule has 1 rings (SSSR count). The van der Waals surface area contributed by atoms with Crippen LogP contribution < -0.4 is 4.74 Å². The number of nitrogens with zero attached hydrogens (tertiary/aromatic N) is 1. The molecule has 0 aliphatic rings. The number of pyridine rings is 1. The van der Waals surface area contributed by atoms with Gasteiger partial charge in [-0.3, -0.25) is 0 Å². The van der Waals surface area contributed by atoms with Gasteiger partial charge in [-0.2, -0.15) is 0 Å². The molecule has 4 heteroatoms. The maximum Gasteiger partial charge on any atom is 0.217 e. The van der Waals surface area contributed by atoms with Crippen LogP contribution in [-0.4, -0.2) is 11.6 Å². The van der Waals surface area contributed by atoms with Crippen molar-refractivity contribution in [2.45, 2.75) is 12.8 Å². The summed E-state index contributed by atoms with van der Waals surface area (Å²) in [6, 6.07) is 1.91. The van der Waals surface area contributed by atoms with Gasteiger partial charge in [0.25, 0.3) is 0 Å². The molecule has 0 aliphatic heterocycles. The van der Waals surface area contributed by atoms with E-state index in [9.17, 15) is 0 Å². The Balaban J connectivity index is 2.94. The molecule has 0 unspecified atom stereocenters. The third kappa shape index (κ3) is 2.35. The molecule has 0 saturated heterocycles. The molecule has 0 aliphatic carbocycles. The molecular weight excluding hydrogens is 241 g/mol. The highest BCUT2D eigenvalue weighted by Crippen LogP contribution is 2.21. The SMILES string of the molecule is CCOc1ncc(Br)cc1CCl. The van der Waals surface area contributed by atoms with Gasteiger partial charge in [-0.15, -0.1) is 11.6 Å². The van der Waals surface area contributed by atoms with E-state index in [1.165, 1.54) is 0 Å². The minimum atomic E-state index is 0.418. The van der Waals surface area contributed by atoms with Crippen molar-refractivity contribution < 1.29 is 4.74 Å². The van der Waals surface area contributed by atoms with Crippen molar-refractivity contribution >= 4 is 27.5 Å². The van der Waals surface area contributed by atoms with Gasteiger partial charge >= 0.3 is 0 Å². The summed E-state index contributed by atoms with van der Waals surface area (Å²) in [5, 5.41) is 0. The molecular formula is C8H9BrClNO. The molecule has 12 heavy (non-hydrogen) atoms. The van der Waals surface area contributed by atoms with Gasteiger partial charge in [-0.05, 0) is 28.9 Å². The third-order valence-corrected chi connectivity index (χ3v) is 2.04. The zero-order valence-corrected chi connectivity index (χ0v) is 9.02. The van der Waals surface area contributed by atoms with Gasteiger partial charge in [0.1, 0.15) is 0 Å². The van der Waals surface area contributed by atoms with Gasteiger partial charge in [0.05, 0.1) is 12.5 Å². The second-order valence-corrected chi connectivity index (χ2v) is 3.37. The minimum Gasteiger partial charge on any atom is -0.478 e. The third-order valence-electron chi connectivity index (χ3n) is 1.32. The van der Waals surface area contributed by atoms with Gasteiger partial charge in [0, 0.05) is 16.2 Å². The first-order chi connectivity index (χ1) is 5.77.